The van der Waals surface area contributed by atoms with Crippen molar-refractivity contribution in [2.45, 2.75) is 19.3 Å². The Balaban J connectivity index is 2.31. The van der Waals surface area contributed by atoms with Gasteiger partial charge in [-0.05, 0) is 23.6 Å². The molecule has 0 aliphatic carbocycles. The topological polar surface area (TPSA) is 21.3 Å². The van der Waals surface area contributed by atoms with Gasteiger partial charge < -0.3 is 10.1 Å². The van der Waals surface area contributed by atoms with E-state index in [2.05, 4.69) is 30.4 Å². The van der Waals surface area contributed by atoms with Crippen molar-refractivity contribution in [3.8, 4) is 5.75 Å². The van der Waals surface area contributed by atoms with Crippen molar-refractivity contribution in [3.63, 3.8) is 0 Å². The lowest BCUT2D eigenvalue weighted by atomic mass is 9.91. The Morgan fingerprint density at radius 3 is 2.71 bits per heavy atom. The van der Waals surface area contributed by atoms with Crippen molar-refractivity contribution in [2.24, 2.45) is 0 Å². The number of nitrogens with one attached hydrogen (secondary N) is 1. The van der Waals surface area contributed by atoms with Gasteiger partial charge in [0.15, 0.2) is 0 Å². The first-order valence-corrected chi connectivity index (χ1v) is 5.22. The van der Waals surface area contributed by atoms with Gasteiger partial charge >= 0.3 is 0 Å². The molecular weight excluding hydrogens is 174 g/mol. The molecule has 76 valence electrons. The summed E-state index contributed by atoms with van der Waals surface area (Å²) >= 11 is 0. The highest BCUT2D eigenvalue weighted by Crippen LogP contribution is 2.30. The Labute approximate surface area is 85.3 Å². The minimum Gasteiger partial charge on any atom is -0.496 e. The molecule has 1 saturated heterocycles. The van der Waals surface area contributed by atoms with Gasteiger partial charge in [-0.25, -0.2) is 0 Å². The molecule has 1 aromatic rings. The second-order valence-electron chi connectivity index (χ2n) is 3.79. The Morgan fingerprint density at radius 2 is 2.21 bits per heavy atom. The SMILES string of the molecule is CCc1ccc(OC)c(C2CNC2)c1. The molecule has 0 saturated carbocycles. The number of benzene rings is 1. The van der Waals surface area contributed by atoms with E-state index < -0.39 is 0 Å². The van der Waals surface area contributed by atoms with Crippen LogP contribution in [0.25, 0.3) is 0 Å². The molecule has 1 aliphatic rings. The molecule has 0 spiro atoms. The van der Waals surface area contributed by atoms with Gasteiger partial charge in [-0.1, -0.05) is 19.1 Å². The summed E-state index contributed by atoms with van der Waals surface area (Å²) in [7, 11) is 1.75. The third-order valence-electron chi connectivity index (χ3n) is 2.92. The van der Waals surface area contributed by atoms with Crippen molar-refractivity contribution >= 4 is 0 Å². The van der Waals surface area contributed by atoms with Crippen molar-refractivity contribution in [3.05, 3.63) is 29.3 Å². The zero-order chi connectivity index (χ0) is 9.97. The zero-order valence-corrected chi connectivity index (χ0v) is 8.84. The highest BCUT2D eigenvalue weighted by Gasteiger charge is 2.22. The minimum absolute atomic E-state index is 0.649. The normalized spacial score (nSPS) is 16.4. The molecule has 1 aliphatic heterocycles. The number of methoxy groups -OCH3 is 1. The summed E-state index contributed by atoms with van der Waals surface area (Å²) in [5, 5.41) is 3.29. The molecule has 2 rings (SSSR count). The maximum Gasteiger partial charge on any atom is 0.122 e. The van der Waals surface area contributed by atoms with E-state index in [1.54, 1.807) is 7.11 Å². The van der Waals surface area contributed by atoms with Crippen LogP contribution in [-0.2, 0) is 6.42 Å². The van der Waals surface area contributed by atoms with Gasteiger partial charge in [-0.15, -0.1) is 0 Å². The summed E-state index contributed by atoms with van der Waals surface area (Å²) in [6.07, 6.45) is 1.09. The molecule has 0 unspecified atom stereocenters. The second kappa shape index (κ2) is 4.01. The van der Waals surface area contributed by atoms with E-state index in [-0.39, 0.29) is 0 Å². The fraction of sp³-hybridized carbons (Fsp3) is 0.500. The van der Waals surface area contributed by atoms with Crippen LogP contribution in [0.15, 0.2) is 18.2 Å². The van der Waals surface area contributed by atoms with Gasteiger partial charge in [0.05, 0.1) is 7.11 Å². The Kier molecular flexibility index (Phi) is 2.73. The Hall–Kier alpha value is -1.02. The van der Waals surface area contributed by atoms with Gasteiger partial charge in [0.2, 0.25) is 0 Å². The molecule has 1 aromatic carbocycles. The molecule has 0 atom stereocenters. The summed E-state index contributed by atoms with van der Waals surface area (Å²) < 4.78 is 5.37. The summed E-state index contributed by atoms with van der Waals surface area (Å²) in [5.74, 6) is 1.69. The lowest BCUT2D eigenvalue weighted by Gasteiger charge is -2.29. The predicted octanol–water partition coefficient (Wildman–Crippen LogP) is 1.94. The van der Waals surface area contributed by atoms with Crippen LogP contribution < -0.4 is 10.1 Å². The van der Waals surface area contributed by atoms with Crippen LogP contribution in [0.3, 0.4) is 0 Å². The van der Waals surface area contributed by atoms with Crippen LogP contribution in [0.5, 0.6) is 5.75 Å². The molecule has 1 N–H and O–H groups in total. The molecule has 1 fully saturated rings. The van der Waals surface area contributed by atoms with E-state index in [1.165, 1.54) is 11.1 Å². The molecule has 2 nitrogen and oxygen atoms in total. The maximum absolute atomic E-state index is 5.37. The number of ether oxygens (including phenoxy) is 1. The van der Waals surface area contributed by atoms with E-state index >= 15 is 0 Å². The van der Waals surface area contributed by atoms with E-state index in [4.69, 9.17) is 4.74 Å². The minimum atomic E-state index is 0.649. The largest absolute Gasteiger partial charge is 0.496 e. The molecule has 1 heterocycles. The summed E-state index contributed by atoms with van der Waals surface area (Å²) in [6, 6.07) is 6.52. The highest BCUT2D eigenvalue weighted by atomic mass is 16.5. The standard InChI is InChI=1S/C12H17NO/c1-3-9-4-5-12(14-2)11(6-9)10-7-13-8-10/h4-6,10,13H,3,7-8H2,1-2H3. The van der Waals surface area contributed by atoms with Crippen molar-refractivity contribution in [1.29, 1.82) is 0 Å². The van der Waals surface area contributed by atoms with Crippen LogP contribution in [0.4, 0.5) is 0 Å². The number of hydrogen-bond acceptors (Lipinski definition) is 2. The molecular formula is C12H17NO. The van der Waals surface area contributed by atoms with Crippen LogP contribution in [0.1, 0.15) is 24.0 Å². The summed E-state index contributed by atoms with van der Waals surface area (Å²) in [6.45, 7) is 4.36. The zero-order valence-electron chi connectivity index (χ0n) is 8.84. The van der Waals surface area contributed by atoms with Gasteiger partial charge in [0.25, 0.3) is 0 Å². The van der Waals surface area contributed by atoms with Crippen LogP contribution in [0, 0.1) is 0 Å². The van der Waals surface area contributed by atoms with Crippen LogP contribution >= 0.6 is 0 Å². The third kappa shape index (κ3) is 1.62. The first kappa shape index (κ1) is 9.53. The van der Waals surface area contributed by atoms with Gasteiger partial charge in [-0.2, -0.15) is 0 Å². The lowest BCUT2D eigenvalue weighted by Crippen LogP contribution is -2.40. The number of aryl methyl sites for hydroxylation is 1. The molecule has 0 bridgehead atoms. The van der Waals surface area contributed by atoms with Crippen molar-refractivity contribution < 1.29 is 4.74 Å². The summed E-state index contributed by atoms with van der Waals surface area (Å²) in [4.78, 5) is 0. The van der Waals surface area contributed by atoms with Crippen LogP contribution in [-0.4, -0.2) is 20.2 Å². The molecule has 14 heavy (non-hydrogen) atoms. The smallest absolute Gasteiger partial charge is 0.122 e. The highest BCUT2D eigenvalue weighted by molar-refractivity contribution is 5.41. The first-order chi connectivity index (χ1) is 6.85. The van der Waals surface area contributed by atoms with Crippen molar-refractivity contribution in [2.75, 3.05) is 20.2 Å². The first-order valence-electron chi connectivity index (χ1n) is 5.22. The van der Waals surface area contributed by atoms with Gasteiger partial charge in [0.1, 0.15) is 5.75 Å². The maximum atomic E-state index is 5.37. The fourth-order valence-electron chi connectivity index (χ4n) is 1.83. The van der Waals surface area contributed by atoms with E-state index in [0.717, 1.165) is 25.3 Å². The predicted molar refractivity (Wildman–Crippen MR) is 58.0 cm³/mol. The quantitative estimate of drug-likeness (QED) is 0.788. The van der Waals surface area contributed by atoms with E-state index in [0.29, 0.717) is 5.92 Å². The number of rotatable bonds is 3. The van der Waals surface area contributed by atoms with Gasteiger partial charge in [-0.3, -0.25) is 0 Å². The Morgan fingerprint density at radius 1 is 1.43 bits per heavy atom. The van der Waals surface area contributed by atoms with E-state index in [9.17, 15) is 0 Å². The summed E-state index contributed by atoms with van der Waals surface area (Å²) in [5.41, 5.74) is 2.76. The molecule has 2 heteroatoms. The van der Waals surface area contributed by atoms with Crippen molar-refractivity contribution in [1.82, 2.24) is 5.32 Å². The average molecular weight is 191 g/mol. The van der Waals surface area contributed by atoms with Crippen LogP contribution in [0.2, 0.25) is 0 Å². The lowest BCUT2D eigenvalue weighted by molar-refractivity contribution is 0.385. The number of hydrogen-bond donors (Lipinski definition) is 1. The fourth-order valence-corrected chi connectivity index (χ4v) is 1.83. The van der Waals surface area contributed by atoms with E-state index in [1.807, 2.05) is 0 Å². The van der Waals surface area contributed by atoms with Gasteiger partial charge in [0, 0.05) is 19.0 Å². The average Bonchev–Trinajstić information content (AvgIpc) is 2.15. The molecule has 0 amide bonds. The second-order valence-corrected chi connectivity index (χ2v) is 3.79. The third-order valence-corrected chi connectivity index (χ3v) is 2.92. The molecule has 0 radical (unpaired) electrons. The Bertz CT molecular complexity index is 318. The molecule has 0 aromatic heterocycles. The monoisotopic (exact) mass is 191 g/mol.